The summed E-state index contributed by atoms with van der Waals surface area (Å²) in [5.74, 6) is 0. The van der Waals surface area contributed by atoms with Crippen LogP contribution in [0, 0.1) is 6.92 Å². The first kappa shape index (κ1) is 13.3. The lowest BCUT2D eigenvalue weighted by molar-refractivity contribution is 0.213. The molecule has 0 aliphatic carbocycles. The number of benzene rings is 1. The van der Waals surface area contributed by atoms with E-state index in [-0.39, 0.29) is 0 Å². The number of hydrogen-bond acceptors (Lipinski definition) is 3. The molecule has 4 nitrogen and oxygen atoms in total. The van der Waals surface area contributed by atoms with E-state index in [2.05, 4.69) is 6.92 Å². The van der Waals surface area contributed by atoms with Gasteiger partial charge in [0.15, 0.2) is 0 Å². The summed E-state index contributed by atoms with van der Waals surface area (Å²) in [7, 11) is -3.32. The number of aromatic nitrogens is 1. The first-order valence-corrected chi connectivity index (χ1v) is 7.44. The van der Waals surface area contributed by atoms with Gasteiger partial charge in [0.1, 0.15) is 0 Å². The van der Waals surface area contributed by atoms with Gasteiger partial charge in [-0.15, -0.1) is 0 Å². The number of para-hydroxylation sites is 1. The number of fused-ring (bicyclic) bond motifs is 1. The van der Waals surface area contributed by atoms with Gasteiger partial charge in [0.05, 0.1) is 18.7 Å². The Kier molecular flexibility index (Phi) is 3.91. The first-order valence-electron chi connectivity index (χ1n) is 5.94. The molecule has 18 heavy (non-hydrogen) atoms. The summed E-state index contributed by atoms with van der Waals surface area (Å²) in [6.45, 7) is 8.20. The molecule has 97 valence electrons. The Bertz CT molecular complexity index is 581. The summed E-state index contributed by atoms with van der Waals surface area (Å²) >= 11 is 0. The predicted molar refractivity (Wildman–Crippen MR) is 72.7 cm³/mol. The first-order chi connectivity index (χ1) is 8.62. The molecule has 5 heteroatoms. The van der Waals surface area contributed by atoms with Crippen LogP contribution in [0.1, 0.15) is 19.4 Å². The summed E-state index contributed by atoms with van der Waals surface area (Å²) in [6, 6.07) is 7.64. The van der Waals surface area contributed by atoms with Gasteiger partial charge in [-0.3, -0.25) is 13.4 Å². The maximum Gasteiger partial charge on any atom is 0.439 e. The van der Waals surface area contributed by atoms with Crippen LogP contribution in [-0.4, -0.2) is 17.6 Å². The van der Waals surface area contributed by atoms with Crippen molar-refractivity contribution in [3.05, 3.63) is 42.9 Å². The van der Waals surface area contributed by atoms with E-state index < -0.39 is 7.75 Å². The maximum absolute atomic E-state index is 12.7. The van der Waals surface area contributed by atoms with Gasteiger partial charge in [-0.1, -0.05) is 18.2 Å². The molecule has 1 radical (unpaired) electrons. The molecule has 0 fully saturated rings. The third-order valence-electron chi connectivity index (χ3n) is 2.62. The standard InChI is InChI=1S/C13H17NO3P/c1-4-16-18(15,17-5-2)14-10-11(3)12-8-6-7-9-13(12)14/h6-10H,3-5H2,1-2H3. The quantitative estimate of drug-likeness (QED) is 0.772. The fraction of sp³-hybridized carbons (Fsp3) is 0.308. The van der Waals surface area contributed by atoms with Gasteiger partial charge in [0.2, 0.25) is 0 Å². The lowest BCUT2D eigenvalue weighted by atomic mass is 10.2. The summed E-state index contributed by atoms with van der Waals surface area (Å²) in [6.07, 6.45) is 1.72. The van der Waals surface area contributed by atoms with Crippen molar-refractivity contribution < 1.29 is 13.6 Å². The van der Waals surface area contributed by atoms with Crippen LogP contribution in [0.15, 0.2) is 30.5 Å². The predicted octanol–water partition coefficient (Wildman–Crippen LogP) is 3.85. The van der Waals surface area contributed by atoms with Crippen molar-refractivity contribution in [1.82, 2.24) is 4.34 Å². The zero-order chi connectivity index (χ0) is 13.2. The van der Waals surface area contributed by atoms with Crippen molar-refractivity contribution in [3.63, 3.8) is 0 Å². The Morgan fingerprint density at radius 2 is 1.83 bits per heavy atom. The van der Waals surface area contributed by atoms with Crippen LogP contribution in [0.2, 0.25) is 0 Å². The smallest absolute Gasteiger partial charge is 0.292 e. The van der Waals surface area contributed by atoms with Crippen LogP contribution in [-0.2, 0) is 13.6 Å². The van der Waals surface area contributed by atoms with Crippen LogP contribution in [0.4, 0.5) is 0 Å². The molecule has 1 aromatic heterocycles. The number of rotatable bonds is 5. The van der Waals surface area contributed by atoms with Crippen LogP contribution >= 0.6 is 7.75 Å². The van der Waals surface area contributed by atoms with E-state index >= 15 is 0 Å². The average Bonchev–Trinajstić information content (AvgIpc) is 2.69. The van der Waals surface area contributed by atoms with Crippen molar-refractivity contribution >= 4 is 18.6 Å². The van der Waals surface area contributed by atoms with Gasteiger partial charge in [-0.05, 0) is 32.4 Å². The van der Waals surface area contributed by atoms with Gasteiger partial charge >= 0.3 is 7.75 Å². The van der Waals surface area contributed by atoms with Gasteiger partial charge in [0, 0.05) is 11.6 Å². The normalized spacial score (nSPS) is 12.2. The van der Waals surface area contributed by atoms with Crippen LogP contribution in [0.25, 0.3) is 10.9 Å². The van der Waals surface area contributed by atoms with E-state index in [1.807, 2.05) is 24.3 Å². The molecule has 0 amide bonds. The van der Waals surface area contributed by atoms with E-state index in [1.165, 1.54) is 0 Å². The molecule has 2 rings (SSSR count). The highest BCUT2D eigenvalue weighted by Gasteiger charge is 2.28. The minimum Gasteiger partial charge on any atom is -0.292 e. The molecule has 1 aromatic carbocycles. The second kappa shape index (κ2) is 5.27. The maximum atomic E-state index is 12.7. The summed E-state index contributed by atoms with van der Waals surface area (Å²) in [4.78, 5) is 0. The molecule has 0 saturated carbocycles. The Morgan fingerprint density at radius 3 is 2.44 bits per heavy atom. The third kappa shape index (κ3) is 2.24. The molecule has 0 unspecified atom stereocenters. The van der Waals surface area contributed by atoms with E-state index in [0.717, 1.165) is 16.5 Å². The highest BCUT2D eigenvalue weighted by Crippen LogP contribution is 2.51. The molecule has 2 aromatic rings. The van der Waals surface area contributed by atoms with Gasteiger partial charge in [0.25, 0.3) is 0 Å². The molecule has 0 bridgehead atoms. The minimum atomic E-state index is -3.32. The van der Waals surface area contributed by atoms with Crippen molar-refractivity contribution in [1.29, 1.82) is 0 Å². The van der Waals surface area contributed by atoms with Crippen LogP contribution in [0.3, 0.4) is 0 Å². The van der Waals surface area contributed by atoms with Crippen molar-refractivity contribution in [2.75, 3.05) is 13.2 Å². The zero-order valence-corrected chi connectivity index (χ0v) is 11.5. The molecule has 0 spiro atoms. The Hall–Kier alpha value is -1.09. The Balaban J connectivity index is 2.61. The molecule has 0 saturated heterocycles. The minimum absolute atomic E-state index is 0.330. The summed E-state index contributed by atoms with van der Waals surface area (Å²) in [5.41, 5.74) is 1.62. The SMILES string of the molecule is [CH2]c1cn(P(=O)(OCC)OCC)c2ccccc12. The summed E-state index contributed by atoms with van der Waals surface area (Å²) in [5, 5.41) is 0.956. The van der Waals surface area contributed by atoms with Gasteiger partial charge < -0.3 is 0 Å². The van der Waals surface area contributed by atoms with E-state index in [4.69, 9.17) is 9.05 Å². The molecule has 0 aliphatic heterocycles. The number of hydrogen-bond donors (Lipinski definition) is 0. The van der Waals surface area contributed by atoms with E-state index in [0.29, 0.717) is 13.2 Å². The Morgan fingerprint density at radius 1 is 1.22 bits per heavy atom. The highest BCUT2D eigenvalue weighted by molar-refractivity contribution is 7.52. The van der Waals surface area contributed by atoms with Crippen LogP contribution < -0.4 is 0 Å². The molecule has 0 N–H and O–H groups in total. The van der Waals surface area contributed by atoms with Crippen molar-refractivity contribution in [2.24, 2.45) is 0 Å². The lowest BCUT2D eigenvalue weighted by Gasteiger charge is -2.18. The fourth-order valence-electron chi connectivity index (χ4n) is 1.92. The Labute approximate surface area is 107 Å². The lowest BCUT2D eigenvalue weighted by Crippen LogP contribution is -2.03. The van der Waals surface area contributed by atoms with Crippen molar-refractivity contribution in [2.45, 2.75) is 13.8 Å². The van der Waals surface area contributed by atoms with Gasteiger partial charge in [-0.2, -0.15) is 0 Å². The molecule has 1 heterocycles. The van der Waals surface area contributed by atoms with Gasteiger partial charge in [-0.25, -0.2) is 4.57 Å². The highest BCUT2D eigenvalue weighted by atomic mass is 31.2. The van der Waals surface area contributed by atoms with Crippen molar-refractivity contribution in [3.8, 4) is 0 Å². The topological polar surface area (TPSA) is 40.5 Å². The van der Waals surface area contributed by atoms with E-state index in [1.54, 1.807) is 24.4 Å². The zero-order valence-electron chi connectivity index (χ0n) is 10.6. The molecular formula is C13H17NO3P. The second-order valence-corrected chi connectivity index (χ2v) is 5.70. The van der Waals surface area contributed by atoms with Crippen LogP contribution in [0.5, 0.6) is 0 Å². The molecular weight excluding hydrogens is 249 g/mol. The fourth-order valence-corrected chi connectivity index (χ4v) is 3.62. The van der Waals surface area contributed by atoms with E-state index in [9.17, 15) is 4.57 Å². The average molecular weight is 266 g/mol. The third-order valence-corrected chi connectivity index (χ3v) is 4.65. The molecule has 0 aliphatic rings. The number of nitrogens with zero attached hydrogens (tertiary/aromatic N) is 1. The molecule has 0 atom stereocenters. The monoisotopic (exact) mass is 266 g/mol. The largest absolute Gasteiger partial charge is 0.439 e. The second-order valence-electron chi connectivity index (χ2n) is 3.82. The summed E-state index contributed by atoms with van der Waals surface area (Å²) < 4.78 is 25.0.